The zero-order chi connectivity index (χ0) is 21.8. The number of nitrogens with zero attached hydrogens (tertiary/aromatic N) is 5. The quantitative estimate of drug-likeness (QED) is 0.471. The van der Waals surface area contributed by atoms with E-state index >= 15 is 0 Å². The molecule has 0 radical (unpaired) electrons. The average molecular weight is 438 g/mol. The number of benzene rings is 1. The fraction of sp³-hybridized carbons (Fsp3) is 0.348. The molecule has 1 unspecified atom stereocenters. The predicted octanol–water partition coefficient (Wildman–Crippen LogP) is 3.29. The summed E-state index contributed by atoms with van der Waals surface area (Å²) >= 11 is 6.32. The maximum Gasteiger partial charge on any atom is 0.191 e. The summed E-state index contributed by atoms with van der Waals surface area (Å²) in [6, 6.07) is 14.4. The van der Waals surface area contributed by atoms with E-state index in [4.69, 9.17) is 16.6 Å². The molecule has 1 aromatic carbocycles. The molecule has 1 aliphatic rings. The average Bonchev–Trinajstić information content (AvgIpc) is 3.24. The third-order valence-electron chi connectivity index (χ3n) is 5.48. The zero-order valence-electron chi connectivity index (χ0n) is 18.1. The Morgan fingerprint density at radius 2 is 2.10 bits per heavy atom. The summed E-state index contributed by atoms with van der Waals surface area (Å²) in [5.41, 5.74) is 2.18. The molecule has 0 aliphatic carbocycles. The second-order valence-electron chi connectivity index (χ2n) is 7.86. The Hall–Kier alpha value is -3.06. The fourth-order valence-corrected chi connectivity index (χ4v) is 4.10. The maximum absolute atomic E-state index is 6.32. The molecule has 0 saturated carbocycles. The summed E-state index contributed by atoms with van der Waals surface area (Å²) in [6.07, 6.45) is 2.78. The van der Waals surface area contributed by atoms with Crippen molar-refractivity contribution >= 4 is 40.1 Å². The maximum atomic E-state index is 6.32. The highest BCUT2D eigenvalue weighted by Gasteiger charge is 2.25. The summed E-state index contributed by atoms with van der Waals surface area (Å²) < 4.78 is 0. The molecule has 0 bridgehead atoms. The first-order valence-electron chi connectivity index (χ1n) is 10.4. The third kappa shape index (κ3) is 4.82. The van der Waals surface area contributed by atoms with E-state index < -0.39 is 0 Å². The highest BCUT2D eigenvalue weighted by molar-refractivity contribution is 6.32. The Morgan fingerprint density at radius 3 is 2.87 bits per heavy atom. The second-order valence-corrected chi connectivity index (χ2v) is 8.27. The van der Waals surface area contributed by atoms with Gasteiger partial charge in [0.15, 0.2) is 5.96 Å². The number of halogens is 1. The summed E-state index contributed by atoms with van der Waals surface area (Å²) in [5, 5.41) is 8.84. The lowest BCUT2D eigenvalue weighted by Gasteiger charge is -2.21. The molecule has 1 fully saturated rings. The van der Waals surface area contributed by atoms with Crippen LogP contribution in [0.15, 0.2) is 53.7 Å². The van der Waals surface area contributed by atoms with E-state index in [0.29, 0.717) is 11.6 Å². The van der Waals surface area contributed by atoms with Crippen LogP contribution in [0, 0.1) is 0 Å². The Balaban J connectivity index is 1.42. The number of pyridine rings is 2. The minimum absolute atomic E-state index is 0.274. The summed E-state index contributed by atoms with van der Waals surface area (Å²) in [4.78, 5) is 17.8. The van der Waals surface area contributed by atoms with Crippen LogP contribution in [0.3, 0.4) is 0 Å². The predicted molar refractivity (Wildman–Crippen MR) is 129 cm³/mol. The largest absolute Gasteiger partial charge is 0.363 e. The molecule has 1 atom stereocenters. The minimum Gasteiger partial charge on any atom is -0.363 e. The van der Waals surface area contributed by atoms with Crippen molar-refractivity contribution in [1.82, 2.24) is 20.6 Å². The molecule has 3 aromatic rings. The first-order chi connectivity index (χ1) is 15.0. The van der Waals surface area contributed by atoms with Gasteiger partial charge >= 0.3 is 0 Å². The molecule has 2 aromatic heterocycles. The Kier molecular flexibility index (Phi) is 6.42. The van der Waals surface area contributed by atoms with Crippen molar-refractivity contribution in [3.63, 3.8) is 0 Å². The van der Waals surface area contributed by atoms with E-state index in [1.54, 1.807) is 13.2 Å². The molecule has 4 rings (SSSR count). The van der Waals surface area contributed by atoms with E-state index in [0.717, 1.165) is 48.0 Å². The van der Waals surface area contributed by atoms with Crippen LogP contribution in [0.25, 0.3) is 10.9 Å². The lowest BCUT2D eigenvalue weighted by molar-refractivity contribution is 0.648. The topological polar surface area (TPSA) is 68.7 Å². The van der Waals surface area contributed by atoms with Crippen molar-refractivity contribution in [2.45, 2.75) is 19.0 Å². The van der Waals surface area contributed by atoms with Crippen LogP contribution < -0.4 is 20.4 Å². The van der Waals surface area contributed by atoms with Crippen LogP contribution in [-0.4, -0.2) is 56.2 Å². The van der Waals surface area contributed by atoms with Crippen LogP contribution in [0.4, 0.5) is 11.6 Å². The van der Waals surface area contributed by atoms with E-state index in [2.05, 4.69) is 43.7 Å². The molecule has 7 nitrogen and oxygen atoms in total. The van der Waals surface area contributed by atoms with Crippen molar-refractivity contribution in [2.75, 3.05) is 44.0 Å². The second kappa shape index (κ2) is 9.39. The molecular formula is C23H28ClN7. The van der Waals surface area contributed by atoms with Gasteiger partial charge in [-0.3, -0.25) is 4.99 Å². The number of aromatic nitrogens is 2. The minimum atomic E-state index is 0.274. The van der Waals surface area contributed by atoms with Crippen molar-refractivity contribution < 1.29 is 0 Å². The number of anilines is 2. The van der Waals surface area contributed by atoms with Gasteiger partial charge in [0.25, 0.3) is 0 Å². The molecule has 162 valence electrons. The van der Waals surface area contributed by atoms with Crippen LogP contribution in [0.2, 0.25) is 5.02 Å². The van der Waals surface area contributed by atoms with Gasteiger partial charge in [0.05, 0.1) is 10.5 Å². The summed E-state index contributed by atoms with van der Waals surface area (Å²) in [7, 11) is 5.82. The van der Waals surface area contributed by atoms with Crippen molar-refractivity contribution in [1.29, 1.82) is 0 Å². The van der Waals surface area contributed by atoms with E-state index in [9.17, 15) is 0 Å². The summed E-state index contributed by atoms with van der Waals surface area (Å²) in [5.74, 6) is 2.57. The van der Waals surface area contributed by atoms with E-state index in [1.165, 1.54) is 5.56 Å². The van der Waals surface area contributed by atoms with Gasteiger partial charge in [-0.15, -0.1) is 0 Å². The van der Waals surface area contributed by atoms with Gasteiger partial charge in [-0.1, -0.05) is 29.8 Å². The molecule has 8 heteroatoms. The number of fused-ring (bicyclic) bond motifs is 1. The molecule has 1 aliphatic heterocycles. The van der Waals surface area contributed by atoms with Gasteiger partial charge in [0.2, 0.25) is 0 Å². The molecule has 2 N–H and O–H groups in total. The van der Waals surface area contributed by atoms with Crippen LogP contribution >= 0.6 is 11.6 Å². The number of hydrogen-bond acceptors (Lipinski definition) is 5. The normalized spacial score (nSPS) is 16.6. The Labute approximate surface area is 188 Å². The molecule has 1 saturated heterocycles. The van der Waals surface area contributed by atoms with Crippen molar-refractivity contribution in [2.24, 2.45) is 4.99 Å². The number of guanidine groups is 1. The first-order valence-corrected chi connectivity index (χ1v) is 10.8. The fourth-order valence-electron chi connectivity index (χ4n) is 3.85. The van der Waals surface area contributed by atoms with Crippen LogP contribution in [-0.2, 0) is 6.54 Å². The van der Waals surface area contributed by atoms with E-state index in [1.807, 2.05) is 43.3 Å². The van der Waals surface area contributed by atoms with Gasteiger partial charge in [-0.2, -0.15) is 0 Å². The lowest BCUT2D eigenvalue weighted by Crippen LogP contribution is -2.44. The summed E-state index contributed by atoms with van der Waals surface area (Å²) in [6.45, 7) is 2.40. The molecule has 0 spiro atoms. The number of nitrogens with one attached hydrogen (secondary N) is 2. The molecule has 0 amide bonds. The third-order valence-corrected chi connectivity index (χ3v) is 5.78. The van der Waals surface area contributed by atoms with Crippen LogP contribution in [0.5, 0.6) is 0 Å². The first kappa shape index (κ1) is 21.2. The van der Waals surface area contributed by atoms with Crippen LogP contribution in [0.1, 0.15) is 12.0 Å². The number of para-hydroxylation sites is 1. The van der Waals surface area contributed by atoms with Gasteiger partial charge < -0.3 is 20.4 Å². The van der Waals surface area contributed by atoms with Crippen molar-refractivity contribution in [3.8, 4) is 0 Å². The molecular weight excluding hydrogens is 410 g/mol. The number of rotatable bonds is 5. The van der Waals surface area contributed by atoms with Gasteiger partial charge in [0.1, 0.15) is 11.6 Å². The monoisotopic (exact) mass is 437 g/mol. The lowest BCUT2D eigenvalue weighted by atomic mass is 10.1. The van der Waals surface area contributed by atoms with Gasteiger partial charge in [0, 0.05) is 58.4 Å². The molecule has 3 heterocycles. The molecule has 31 heavy (non-hydrogen) atoms. The van der Waals surface area contributed by atoms with Gasteiger partial charge in [-0.05, 0) is 36.2 Å². The number of hydrogen-bond donors (Lipinski definition) is 2. The highest BCUT2D eigenvalue weighted by atomic mass is 35.5. The Bertz CT molecular complexity index is 1080. The van der Waals surface area contributed by atoms with Crippen molar-refractivity contribution in [3.05, 3.63) is 59.2 Å². The van der Waals surface area contributed by atoms with E-state index in [-0.39, 0.29) is 6.04 Å². The smallest absolute Gasteiger partial charge is 0.191 e. The Morgan fingerprint density at radius 1 is 1.26 bits per heavy atom. The number of aliphatic imine (C=N–C) groups is 1. The van der Waals surface area contributed by atoms with Gasteiger partial charge in [-0.25, -0.2) is 9.97 Å². The zero-order valence-corrected chi connectivity index (χ0v) is 18.9. The highest BCUT2D eigenvalue weighted by Crippen LogP contribution is 2.26. The standard InChI is InChI=1S/C23H28ClN7/c1-25-23(28-17-10-12-31(15-17)22-19(24)8-6-11-26-22)27-14-16-13-21(30(2)3)29-20-9-5-4-7-18(16)20/h4-9,11,13,17H,10,12,14-15H2,1-3H3,(H2,25,27,28). The SMILES string of the molecule is CN=C(NCc1cc(N(C)C)nc2ccccc12)NC1CCN(c2ncccc2Cl)C1.